The number of halogens is 1. The number of pyridine rings is 1. The molecule has 2 heterocycles. The van der Waals surface area contributed by atoms with Crippen molar-refractivity contribution in [3.63, 3.8) is 0 Å². The first-order valence-electron chi connectivity index (χ1n) is 8.39. The molecule has 0 saturated carbocycles. The molecule has 6 heteroatoms. The van der Waals surface area contributed by atoms with Crippen molar-refractivity contribution in [1.82, 2.24) is 14.7 Å². The summed E-state index contributed by atoms with van der Waals surface area (Å²) < 4.78 is 14.9. The van der Waals surface area contributed by atoms with E-state index in [4.69, 9.17) is 0 Å². The first kappa shape index (κ1) is 16.8. The van der Waals surface area contributed by atoms with Gasteiger partial charge in [-0.05, 0) is 54.1 Å². The van der Waals surface area contributed by atoms with E-state index in [1.807, 2.05) is 0 Å². The Kier molecular flexibility index (Phi) is 4.30. The Morgan fingerprint density at radius 2 is 1.74 bits per heavy atom. The van der Waals surface area contributed by atoms with E-state index in [-0.39, 0.29) is 17.5 Å². The third-order valence-electron chi connectivity index (χ3n) is 4.24. The Bertz CT molecular complexity index is 1100. The number of phenols is 1. The highest BCUT2D eigenvalue weighted by Gasteiger charge is 2.09. The van der Waals surface area contributed by atoms with Crippen LogP contribution < -0.4 is 5.32 Å². The average molecular weight is 361 g/mol. The largest absolute Gasteiger partial charge is 0.508 e. The number of aromatic nitrogens is 2. The lowest BCUT2D eigenvalue weighted by Gasteiger charge is -2.06. The second-order valence-electron chi connectivity index (χ2n) is 6.17. The van der Waals surface area contributed by atoms with Gasteiger partial charge in [0, 0.05) is 24.5 Å². The molecule has 1 amide bonds. The number of hydrogen-bond donors (Lipinski definition) is 2. The van der Waals surface area contributed by atoms with E-state index in [1.54, 1.807) is 65.3 Å². The molecular formula is C21H16FN3O2. The average Bonchev–Trinajstić information content (AvgIpc) is 3.11. The van der Waals surface area contributed by atoms with E-state index in [1.165, 1.54) is 12.1 Å². The highest BCUT2D eigenvalue weighted by Crippen LogP contribution is 2.20. The fourth-order valence-electron chi connectivity index (χ4n) is 2.78. The summed E-state index contributed by atoms with van der Waals surface area (Å²) in [6, 6.07) is 16.3. The summed E-state index contributed by atoms with van der Waals surface area (Å²) in [4.78, 5) is 16.9. The minimum atomic E-state index is -0.296. The number of carbonyl (C=O) groups is 1. The van der Waals surface area contributed by atoms with E-state index in [2.05, 4.69) is 10.3 Å². The molecule has 5 nitrogen and oxygen atoms in total. The molecule has 4 aromatic rings. The molecular weight excluding hydrogens is 345 g/mol. The minimum Gasteiger partial charge on any atom is -0.508 e. The number of imidazole rings is 1. The molecule has 0 aliphatic heterocycles. The van der Waals surface area contributed by atoms with Gasteiger partial charge in [0.2, 0.25) is 0 Å². The number of phenolic OH excluding ortho intramolecular Hbond substituents is 1. The number of rotatable bonds is 4. The Balaban J connectivity index is 1.53. The summed E-state index contributed by atoms with van der Waals surface area (Å²) in [5.74, 6) is -0.315. The maximum Gasteiger partial charge on any atom is 0.253 e. The van der Waals surface area contributed by atoms with Crippen LogP contribution in [0.1, 0.15) is 15.9 Å². The molecule has 0 atom stereocenters. The Hall–Kier alpha value is -3.67. The number of carbonyl (C=O) groups excluding carboxylic acids is 1. The molecule has 0 fully saturated rings. The molecule has 2 aromatic carbocycles. The van der Waals surface area contributed by atoms with Gasteiger partial charge in [-0.15, -0.1) is 0 Å². The van der Waals surface area contributed by atoms with Crippen LogP contribution in [0, 0.1) is 5.82 Å². The summed E-state index contributed by atoms with van der Waals surface area (Å²) in [5, 5.41) is 12.1. The van der Waals surface area contributed by atoms with Crippen LogP contribution >= 0.6 is 0 Å². The van der Waals surface area contributed by atoms with Crippen molar-refractivity contribution < 1.29 is 14.3 Å². The zero-order chi connectivity index (χ0) is 18.8. The lowest BCUT2D eigenvalue weighted by Crippen LogP contribution is -2.23. The van der Waals surface area contributed by atoms with Gasteiger partial charge in [-0.25, -0.2) is 9.37 Å². The van der Waals surface area contributed by atoms with Crippen molar-refractivity contribution in [3.05, 3.63) is 90.0 Å². The fourth-order valence-corrected chi connectivity index (χ4v) is 2.78. The summed E-state index contributed by atoms with van der Waals surface area (Å²) in [6.07, 6.45) is 3.51. The number of aromatic hydroxyl groups is 1. The van der Waals surface area contributed by atoms with Crippen LogP contribution in [-0.4, -0.2) is 20.4 Å². The van der Waals surface area contributed by atoms with Crippen LogP contribution in [-0.2, 0) is 6.54 Å². The number of hydrogen-bond acceptors (Lipinski definition) is 3. The normalized spacial score (nSPS) is 10.9. The lowest BCUT2D eigenvalue weighted by molar-refractivity contribution is 0.0950. The maximum absolute atomic E-state index is 13.1. The van der Waals surface area contributed by atoms with E-state index >= 15 is 0 Å². The third kappa shape index (κ3) is 3.64. The van der Waals surface area contributed by atoms with Crippen molar-refractivity contribution in [2.24, 2.45) is 0 Å². The zero-order valence-electron chi connectivity index (χ0n) is 14.3. The van der Waals surface area contributed by atoms with Gasteiger partial charge >= 0.3 is 0 Å². The summed E-state index contributed by atoms with van der Waals surface area (Å²) in [6.45, 7) is 0.363. The van der Waals surface area contributed by atoms with Crippen molar-refractivity contribution in [1.29, 1.82) is 0 Å². The second-order valence-corrected chi connectivity index (χ2v) is 6.17. The Morgan fingerprint density at radius 1 is 1.00 bits per heavy atom. The highest BCUT2D eigenvalue weighted by molar-refractivity contribution is 5.94. The lowest BCUT2D eigenvalue weighted by atomic mass is 10.2. The molecule has 0 unspecified atom stereocenters. The molecule has 2 aromatic heterocycles. The molecule has 4 rings (SSSR count). The van der Waals surface area contributed by atoms with Crippen LogP contribution in [0.25, 0.3) is 16.9 Å². The van der Waals surface area contributed by atoms with Gasteiger partial charge in [0.05, 0.1) is 11.3 Å². The molecule has 0 radical (unpaired) electrons. The minimum absolute atomic E-state index is 0.188. The van der Waals surface area contributed by atoms with E-state index in [0.29, 0.717) is 23.4 Å². The van der Waals surface area contributed by atoms with Crippen LogP contribution in [0.15, 0.2) is 73.1 Å². The van der Waals surface area contributed by atoms with Crippen molar-refractivity contribution in [2.45, 2.75) is 6.54 Å². The Morgan fingerprint density at radius 3 is 2.48 bits per heavy atom. The smallest absolute Gasteiger partial charge is 0.253 e. The molecule has 0 bridgehead atoms. The van der Waals surface area contributed by atoms with Crippen molar-refractivity contribution in [2.75, 3.05) is 0 Å². The van der Waals surface area contributed by atoms with Crippen LogP contribution in [0.3, 0.4) is 0 Å². The monoisotopic (exact) mass is 361 g/mol. The van der Waals surface area contributed by atoms with Gasteiger partial charge < -0.3 is 14.8 Å². The number of amides is 1. The quantitative estimate of drug-likeness (QED) is 0.581. The van der Waals surface area contributed by atoms with Crippen LogP contribution in [0.5, 0.6) is 5.75 Å². The predicted octanol–water partition coefficient (Wildman–Crippen LogP) is 3.78. The maximum atomic E-state index is 13.1. The summed E-state index contributed by atoms with van der Waals surface area (Å²) >= 11 is 0. The summed E-state index contributed by atoms with van der Waals surface area (Å²) in [7, 11) is 0. The first-order chi connectivity index (χ1) is 13.1. The topological polar surface area (TPSA) is 66.6 Å². The number of nitrogens with zero attached hydrogens (tertiary/aromatic N) is 2. The number of benzene rings is 2. The summed E-state index contributed by atoms with van der Waals surface area (Å²) in [5.41, 5.74) is 3.60. The van der Waals surface area contributed by atoms with Crippen molar-refractivity contribution >= 4 is 11.6 Å². The highest BCUT2D eigenvalue weighted by atomic mass is 19.1. The Labute approximate surface area is 154 Å². The van der Waals surface area contributed by atoms with Gasteiger partial charge in [0.15, 0.2) is 0 Å². The van der Waals surface area contributed by atoms with Crippen LogP contribution in [0.2, 0.25) is 0 Å². The molecule has 2 N–H and O–H groups in total. The SMILES string of the molecule is O=C(NCc1ccc(O)cc1)c1ccc2nc(-c3ccc(F)cc3)cn2c1. The van der Waals surface area contributed by atoms with Gasteiger partial charge in [0.1, 0.15) is 17.2 Å². The third-order valence-corrected chi connectivity index (χ3v) is 4.24. The van der Waals surface area contributed by atoms with Gasteiger partial charge in [-0.3, -0.25) is 4.79 Å². The predicted molar refractivity (Wildman–Crippen MR) is 99.9 cm³/mol. The van der Waals surface area contributed by atoms with Crippen LogP contribution in [0.4, 0.5) is 4.39 Å². The fraction of sp³-hybridized carbons (Fsp3) is 0.0476. The molecule has 0 aliphatic rings. The van der Waals surface area contributed by atoms with Crippen molar-refractivity contribution in [3.8, 4) is 17.0 Å². The number of fused-ring (bicyclic) bond motifs is 1. The van der Waals surface area contributed by atoms with Gasteiger partial charge in [-0.2, -0.15) is 0 Å². The first-order valence-corrected chi connectivity index (χ1v) is 8.39. The molecule has 0 aliphatic carbocycles. The zero-order valence-corrected chi connectivity index (χ0v) is 14.3. The van der Waals surface area contributed by atoms with Gasteiger partial charge in [-0.1, -0.05) is 12.1 Å². The van der Waals surface area contributed by atoms with Gasteiger partial charge in [0.25, 0.3) is 5.91 Å². The van der Waals surface area contributed by atoms with E-state index < -0.39 is 0 Å². The molecule has 0 spiro atoms. The molecule has 134 valence electrons. The molecule has 0 saturated heterocycles. The van der Waals surface area contributed by atoms with E-state index in [0.717, 1.165) is 11.1 Å². The standard InChI is InChI=1S/C21H16FN3O2/c22-17-6-3-15(4-7-17)19-13-25-12-16(5-10-20(25)24-19)21(27)23-11-14-1-8-18(26)9-2-14/h1-10,12-13,26H,11H2,(H,23,27). The van der Waals surface area contributed by atoms with E-state index in [9.17, 15) is 14.3 Å². The molecule has 27 heavy (non-hydrogen) atoms. The number of nitrogens with one attached hydrogen (secondary N) is 1. The second kappa shape index (κ2) is 6.92.